The highest BCUT2D eigenvalue weighted by Crippen LogP contribution is 2.20. The van der Waals surface area contributed by atoms with Crippen molar-refractivity contribution >= 4 is 17.7 Å². The molecule has 6 heteroatoms. The van der Waals surface area contributed by atoms with E-state index < -0.39 is 0 Å². The Kier molecular flexibility index (Phi) is 6.66. The van der Waals surface area contributed by atoms with Crippen molar-refractivity contribution in [3.8, 4) is 12.1 Å². The summed E-state index contributed by atoms with van der Waals surface area (Å²) in [6.07, 6.45) is 0. The highest BCUT2D eigenvalue weighted by atomic mass is 32.2. The van der Waals surface area contributed by atoms with Gasteiger partial charge in [-0.3, -0.25) is 9.69 Å². The zero-order valence-corrected chi connectivity index (χ0v) is 14.9. The molecule has 1 aliphatic rings. The average Bonchev–Trinajstić information content (AvgIpc) is 2.60. The summed E-state index contributed by atoms with van der Waals surface area (Å²) in [4.78, 5) is 17.3. The summed E-state index contributed by atoms with van der Waals surface area (Å²) in [5, 5.41) is 18.2. The van der Waals surface area contributed by atoms with Gasteiger partial charge in [0.2, 0.25) is 5.91 Å². The fraction of sp³-hybridized carbons (Fsp3) is 0.500. The minimum absolute atomic E-state index is 0.0784. The molecule has 0 aromatic heterocycles. The van der Waals surface area contributed by atoms with Crippen molar-refractivity contribution in [1.82, 2.24) is 9.80 Å². The number of rotatable bonds is 5. The van der Waals surface area contributed by atoms with Crippen LogP contribution in [0.3, 0.4) is 0 Å². The fourth-order valence-corrected chi connectivity index (χ4v) is 3.65. The third-order valence-corrected chi connectivity index (χ3v) is 5.13. The molecule has 2 rings (SSSR count). The topological polar surface area (TPSA) is 71.1 Å². The molecule has 1 amide bonds. The minimum Gasteiger partial charge on any atom is -0.339 e. The summed E-state index contributed by atoms with van der Waals surface area (Å²) in [5.74, 6) is 0.779. The molecule has 1 saturated heterocycles. The van der Waals surface area contributed by atoms with Crippen LogP contribution < -0.4 is 0 Å². The molecule has 126 valence electrons. The second-order valence-electron chi connectivity index (χ2n) is 6.16. The number of hydrogen-bond acceptors (Lipinski definition) is 5. The molecule has 5 nitrogen and oxygen atoms in total. The Morgan fingerprint density at radius 2 is 1.96 bits per heavy atom. The smallest absolute Gasteiger partial charge is 0.233 e. The Bertz CT molecular complexity index is 654. The lowest BCUT2D eigenvalue weighted by Gasteiger charge is -2.38. The molecule has 0 unspecified atom stereocenters. The number of thioether (sulfide) groups is 1. The Morgan fingerprint density at radius 1 is 1.25 bits per heavy atom. The van der Waals surface area contributed by atoms with Gasteiger partial charge in [-0.15, -0.1) is 11.8 Å². The minimum atomic E-state index is -0.0784. The number of nitrogens with zero attached hydrogens (tertiary/aromatic N) is 4. The maximum Gasteiger partial charge on any atom is 0.233 e. The summed E-state index contributed by atoms with van der Waals surface area (Å²) < 4.78 is 0. The molecular weight excluding hydrogens is 320 g/mol. The molecule has 1 aliphatic heterocycles. The summed E-state index contributed by atoms with van der Waals surface area (Å²) in [5.41, 5.74) is 0.609. The number of nitriles is 2. The van der Waals surface area contributed by atoms with Gasteiger partial charge in [-0.25, -0.2) is 0 Å². The second kappa shape index (κ2) is 8.73. The van der Waals surface area contributed by atoms with Gasteiger partial charge in [0.05, 0.1) is 23.5 Å². The first-order chi connectivity index (χ1) is 11.5. The van der Waals surface area contributed by atoms with E-state index in [0.29, 0.717) is 30.3 Å². The summed E-state index contributed by atoms with van der Waals surface area (Å²) in [6.45, 7) is 6.94. The van der Waals surface area contributed by atoms with E-state index in [2.05, 4.69) is 30.9 Å². The van der Waals surface area contributed by atoms with Crippen molar-refractivity contribution in [3.05, 3.63) is 29.8 Å². The van der Waals surface area contributed by atoms with E-state index in [9.17, 15) is 10.1 Å². The van der Waals surface area contributed by atoms with Crippen LogP contribution in [0.5, 0.6) is 0 Å². The Labute approximate surface area is 147 Å². The van der Waals surface area contributed by atoms with E-state index in [1.165, 1.54) is 11.8 Å². The lowest BCUT2D eigenvalue weighted by molar-refractivity contribution is -0.130. The van der Waals surface area contributed by atoms with Gasteiger partial charge < -0.3 is 4.90 Å². The Hall–Kier alpha value is -2.02. The first-order valence-corrected chi connectivity index (χ1v) is 9.08. The van der Waals surface area contributed by atoms with Gasteiger partial charge in [0.25, 0.3) is 0 Å². The maximum absolute atomic E-state index is 12.4. The van der Waals surface area contributed by atoms with Crippen LogP contribution in [0, 0.1) is 28.6 Å². The zero-order chi connectivity index (χ0) is 17.5. The fourth-order valence-electron chi connectivity index (χ4n) is 2.79. The SMILES string of the molecule is CC(C)[C@@H](C#N)N1CCN(C(=O)CSc2cccc(C#N)c2)CC1. The van der Waals surface area contributed by atoms with E-state index >= 15 is 0 Å². The van der Waals surface area contributed by atoms with Crippen molar-refractivity contribution in [2.75, 3.05) is 31.9 Å². The van der Waals surface area contributed by atoms with Crippen LogP contribution in [0.25, 0.3) is 0 Å². The second-order valence-corrected chi connectivity index (χ2v) is 7.21. The molecule has 0 saturated carbocycles. The predicted octanol–water partition coefficient (Wildman–Crippen LogP) is 2.34. The van der Waals surface area contributed by atoms with Crippen LogP contribution in [0.1, 0.15) is 19.4 Å². The molecule has 1 fully saturated rings. The lowest BCUT2D eigenvalue weighted by atomic mass is 10.0. The monoisotopic (exact) mass is 342 g/mol. The summed E-state index contributed by atoms with van der Waals surface area (Å²) in [7, 11) is 0. The average molecular weight is 342 g/mol. The molecule has 1 heterocycles. The third kappa shape index (κ3) is 4.74. The third-order valence-electron chi connectivity index (χ3n) is 4.15. The van der Waals surface area contributed by atoms with Crippen molar-refractivity contribution in [3.63, 3.8) is 0 Å². The van der Waals surface area contributed by atoms with E-state index in [-0.39, 0.29) is 11.9 Å². The Morgan fingerprint density at radius 3 is 2.54 bits per heavy atom. The summed E-state index contributed by atoms with van der Waals surface area (Å²) >= 11 is 1.46. The van der Waals surface area contributed by atoms with Crippen molar-refractivity contribution in [1.29, 1.82) is 10.5 Å². The molecule has 0 bridgehead atoms. The quantitative estimate of drug-likeness (QED) is 0.768. The lowest BCUT2D eigenvalue weighted by Crippen LogP contribution is -2.53. The van der Waals surface area contributed by atoms with Crippen LogP contribution in [0.4, 0.5) is 0 Å². The number of carbonyl (C=O) groups is 1. The van der Waals surface area contributed by atoms with Crippen LogP contribution in [-0.2, 0) is 4.79 Å². The first kappa shape index (κ1) is 18.3. The molecule has 24 heavy (non-hydrogen) atoms. The number of piperazine rings is 1. The van der Waals surface area contributed by atoms with Crippen molar-refractivity contribution in [2.45, 2.75) is 24.8 Å². The first-order valence-electron chi connectivity index (χ1n) is 8.09. The molecule has 0 N–H and O–H groups in total. The number of amides is 1. The normalized spacial score (nSPS) is 16.5. The molecule has 0 radical (unpaired) electrons. The van der Waals surface area contributed by atoms with Crippen LogP contribution in [0.15, 0.2) is 29.2 Å². The van der Waals surface area contributed by atoms with E-state index in [1.807, 2.05) is 17.0 Å². The van der Waals surface area contributed by atoms with Gasteiger partial charge in [-0.05, 0) is 24.1 Å². The van der Waals surface area contributed by atoms with Gasteiger partial charge in [-0.2, -0.15) is 10.5 Å². The van der Waals surface area contributed by atoms with E-state index in [1.54, 1.807) is 12.1 Å². The standard InChI is InChI=1S/C18H22N4OS/c1-14(2)17(12-20)21-6-8-22(9-7-21)18(23)13-24-16-5-3-4-15(10-16)11-19/h3-5,10,14,17H,6-9,13H2,1-2H3/t17-/m1/s1. The van der Waals surface area contributed by atoms with Gasteiger partial charge in [0, 0.05) is 31.1 Å². The highest BCUT2D eigenvalue weighted by molar-refractivity contribution is 8.00. The molecule has 0 aliphatic carbocycles. The largest absolute Gasteiger partial charge is 0.339 e. The number of benzene rings is 1. The predicted molar refractivity (Wildman–Crippen MR) is 94.3 cm³/mol. The zero-order valence-electron chi connectivity index (χ0n) is 14.1. The van der Waals surface area contributed by atoms with Gasteiger partial charge in [-0.1, -0.05) is 19.9 Å². The van der Waals surface area contributed by atoms with Crippen LogP contribution in [-0.4, -0.2) is 53.7 Å². The maximum atomic E-state index is 12.4. The van der Waals surface area contributed by atoms with Crippen molar-refractivity contribution in [2.24, 2.45) is 5.92 Å². The summed E-state index contributed by atoms with van der Waals surface area (Å²) in [6, 6.07) is 11.7. The molecule has 1 aromatic rings. The molecule has 0 spiro atoms. The van der Waals surface area contributed by atoms with Gasteiger partial charge in [0.1, 0.15) is 6.04 Å². The Balaban J connectivity index is 1.83. The van der Waals surface area contributed by atoms with Crippen LogP contribution >= 0.6 is 11.8 Å². The van der Waals surface area contributed by atoms with Gasteiger partial charge in [0.15, 0.2) is 0 Å². The van der Waals surface area contributed by atoms with Gasteiger partial charge >= 0.3 is 0 Å². The highest BCUT2D eigenvalue weighted by Gasteiger charge is 2.27. The van der Waals surface area contributed by atoms with E-state index in [4.69, 9.17) is 5.26 Å². The molecular formula is C18H22N4OS. The number of hydrogen-bond donors (Lipinski definition) is 0. The number of carbonyl (C=O) groups excluding carboxylic acids is 1. The molecule has 1 aromatic carbocycles. The van der Waals surface area contributed by atoms with Crippen molar-refractivity contribution < 1.29 is 4.79 Å². The molecule has 1 atom stereocenters. The van der Waals surface area contributed by atoms with E-state index in [0.717, 1.165) is 18.0 Å². The van der Waals surface area contributed by atoms with Crippen LogP contribution in [0.2, 0.25) is 0 Å².